The lowest BCUT2D eigenvalue weighted by molar-refractivity contribution is -0.119. The molecule has 14 heteroatoms. The summed E-state index contributed by atoms with van der Waals surface area (Å²) in [6.07, 6.45) is 0. The molecule has 6 rings (SSSR count). The number of hydrogen-bond donors (Lipinski definition) is 3. The van der Waals surface area contributed by atoms with Crippen molar-refractivity contribution in [3.8, 4) is 0 Å². The van der Waals surface area contributed by atoms with Crippen molar-refractivity contribution in [2.45, 2.75) is 4.90 Å². The molecule has 268 valence electrons. The smallest absolute Gasteiger partial charge is 0.337 e. The molecule has 51 heavy (non-hydrogen) atoms. The minimum atomic E-state index is -4.00. The van der Waals surface area contributed by atoms with Crippen molar-refractivity contribution < 1.29 is 37.6 Å². The van der Waals surface area contributed by atoms with Crippen LogP contribution >= 0.6 is 0 Å². The van der Waals surface area contributed by atoms with Crippen LogP contribution in [0.25, 0.3) is 11.3 Å². The maximum absolute atomic E-state index is 13.2. The third-order valence-corrected chi connectivity index (χ3v) is 9.26. The Hall–Kier alpha value is -5.38. The number of amides is 2. The van der Waals surface area contributed by atoms with Gasteiger partial charge in [0.25, 0.3) is 16.0 Å². The zero-order chi connectivity index (χ0) is 35.8. The number of anilines is 3. The molecule has 2 aliphatic rings. The number of benzene rings is 4. The van der Waals surface area contributed by atoms with Gasteiger partial charge in [0.1, 0.15) is 0 Å². The highest BCUT2D eigenvalue weighted by Crippen LogP contribution is 2.38. The summed E-state index contributed by atoms with van der Waals surface area (Å²) in [5.74, 6) is -0.694. The van der Waals surface area contributed by atoms with E-state index in [0.717, 1.165) is 43.1 Å². The van der Waals surface area contributed by atoms with E-state index in [9.17, 15) is 22.8 Å². The van der Waals surface area contributed by atoms with E-state index in [1.807, 2.05) is 54.6 Å². The van der Waals surface area contributed by atoms with Crippen molar-refractivity contribution in [3.05, 3.63) is 120 Å². The van der Waals surface area contributed by atoms with E-state index in [1.54, 1.807) is 48.3 Å². The molecule has 0 saturated carbocycles. The number of rotatable bonds is 8. The van der Waals surface area contributed by atoms with Crippen LogP contribution in [0.15, 0.2) is 108 Å². The summed E-state index contributed by atoms with van der Waals surface area (Å²) in [7, 11) is 1.21. The van der Waals surface area contributed by atoms with E-state index in [1.165, 1.54) is 19.2 Å². The highest BCUT2D eigenvalue weighted by molar-refractivity contribution is 7.85. The van der Waals surface area contributed by atoms with Crippen LogP contribution in [-0.2, 0) is 24.4 Å². The van der Waals surface area contributed by atoms with Crippen LogP contribution in [-0.4, -0.2) is 100.0 Å². The quantitative estimate of drug-likeness (QED) is 0.138. The maximum Gasteiger partial charge on any atom is 0.337 e. The average molecular weight is 716 g/mol. The van der Waals surface area contributed by atoms with Gasteiger partial charge in [-0.05, 0) is 61.1 Å². The lowest BCUT2D eigenvalue weighted by Gasteiger charge is -2.32. The summed E-state index contributed by atoms with van der Waals surface area (Å²) in [5.41, 5.74) is 5.10. The average Bonchev–Trinajstić information content (AvgIpc) is 3.46. The van der Waals surface area contributed by atoms with E-state index in [-0.39, 0.29) is 22.2 Å². The number of hydrogen-bond acceptors (Lipinski definition) is 9. The number of ether oxygens (including phenoxy) is 1. The van der Waals surface area contributed by atoms with Crippen molar-refractivity contribution in [1.82, 2.24) is 9.80 Å². The Balaban J connectivity index is 0.000000458. The number of carbonyl (C=O) groups is 3. The minimum Gasteiger partial charge on any atom is -0.465 e. The van der Waals surface area contributed by atoms with Gasteiger partial charge in [0.05, 0.1) is 41.1 Å². The Bertz CT molecular complexity index is 1980. The molecule has 2 heterocycles. The maximum atomic E-state index is 13.2. The Morgan fingerprint density at radius 2 is 1.49 bits per heavy atom. The molecule has 1 saturated heterocycles. The molecular formula is C37H41N5O8S. The van der Waals surface area contributed by atoms with Crippen molar-refractivity contribution in [3.63, 3.8) is 0 Å². The first-order valence-electron chi connectivity index (χ1n) is 15.9. The van der Waals surface area contributed by atoms with Crippen LogP contribution in [0.2, 0.25) is 0 Å². The fourth-order valence-electron chi connectivity index (χ4n) is 5.50. The lowest BCUT2D eigenvalue weighted by Crippen LogP contribution is -2.48. The Morgan fingerprint density at radius 3 is 2.06 bits per heavy atom. The second-order valence-corrected chi connectivity index (χ2v) is 13.2. The number of esters is 1. The second kappa shape index (κ2) is 17.0. The normalized spacial score (nSPS) is 15.3. The van der Waals surface area contributed by atoms with Crippen LogP contribution in [0.5, 0.6) is 0 Å². The number of likely N-dealkylation sites (N-methyl/N-ethyl adjacent to an activating group) is 2. The van der Waals surface area contributed by atoms with Crippen LogP contribution in [0.3, 0.4) is 0 Å². The van der Waals surface area contributed by atoms with Gasteiger partial charge in [-0.1, -0.05) is 54.6 Å². The van der Waals surface area contributed by atoms with E-state index in [4.69, 9.17) is 9.29 Å². The number of nitrogens with zero attached hydrogens (tertiary/aromatic N) is 3. The van der Waals surface area contributed by atoms with Crippen molar-refractivity contribution >= 4 is 56.2 Å². The molecule has 0 aliphatic carbocycles. The van der Waals surface area contributed by atoms with Gasteiger partial charge < -0.3 is 30.6 Å². The third kappa shape index (κ3) is 9.66. The van der Waals surface area contributed by atoms with Crippen molar-refractivity contribution in [2.75, 3.05) is 69.5 Å². The fraction of sp³-hybridized carbons (Fsp3) is 0.216. The monoisotopic (exact) mass is 715 g/mol. The van der Waals surface area contributed by atoms with Gasteiger partial charge in [-0.3, -0.25) is 19.0 Å². The predicted octanol–water partition coefficient (Wildman–Crippen LogP) is 3.72. The molecule has 0 radical (unpaired) electrons. The van der Waals surface area contributed by atoms with E-state index in [2.05, 4.69) is 27.5 Å². The molecule has 4 aromatic carbocycles. The topological polar surface area (TPSA) is 180 Å². The summed E-state index contributed by atoms with van der Waals surface area (Å²) < 4.78 is 34.1. The molecular weight excluding hydrogens is 675 g/mol. The largest absolute Gasteiger partial charge is 0.465 e. The zero-order valence-electron chi connectivity index (χ0n) is 28.5. The van der Waals surface area contributed by atoms with Gasteiger partial charge in [0, 0.05) is 50.2 Å². The number of carbonyl (C=O) groups excluding carboxylic acids is 3. The molecule has 0 unspecified atom stereocenters. The molecule has 0 spiro atoms. The molecule has 5 N–H and O–H groups in total. The van der Waals surface area contributed by atoms with Crippen LogP contribution in [0.1, 0.15) is 21.5 Å². The Kier molecular flexibility index (Phi) is 12.8. The summed E-state index contributed by atoms with van der Waals surface area (Å²) in [4.78, 5) is 44.2. The van der Waals surface area contributed by atoms with E-state index in [0.29, 0.717) is 34.6 Å². The summed E-state index contributed by atoms with van der Waals surface area (Å²) >= 11 is 0. The summed E-state index contributed by atoms with van der Waals surface area (Å²) in [5, 5.41) is 6.31. The van der Waals surface area contributed by atoms with Crippen molar-refractivity contribution in [2.24, 2.45) is 0 Å². The number of methoxy groups -OCH3 is 1. The molecule has 1 fully saturated rings. The molecule has 0 atom stereocenters. The van der Waals surface area contributed by atoms with Gasteiger partial charge >= 0.3 is 5.97 Å². The van der Waals surface area contributed by atoms with Crippen LogP contribution in [0.4, 0.5) is 17.1 Å². The highest BCUT2D eigenvalue weighted by atomic mass is 32.2. The number of nitrogens with one attached hydrogen (secondary N) is 2. The summed E-state index contributed by atoms with van der Waals surface area (Å²) in [6, 6.07) is 29.6. The predicted molar refractivity (Wildman–Crippen MR) is 197 cm³/mol. The first kappa shape index (κ1) is 38.4. The van der Waals surface area contributed by atoms with Gasteiger partial charge in [-0.25, -0.2) is 4.79 Å². The molecule has 13 nitrogen and oxygen atoms in total. The van der Waals surface area contributed by atoms with Crippen LogP contribution < -0.4 is 15.5 Å². The molecule has 2 amide bonds. The molecule has 4 aromatic rings. The SMILES string of the molecule is COC(=O)c1ccc2c(c1)NC(=O)C2=C(Nc1ccc(N(C)C(=O)CN2CCN(C)CC2)cc1)c1ccccc1.O.O=S(=O)(O)c1ccccc1. The van der Waals surface area contributed by atoms with E-state index >= 15 is 0 Å². The Morgan fingerprint density at radius 1 is 0.882 bits per heavy atom. The molecule has 2 aliphatic heterocycles. The Labute approximate surface area is 297 Å². The van der Waals surface area contributed by atoms with Gasteiger partial charge in [-0.2, -0.15) is 8.42 Å². The number of fused-ring (bicyclic) bond motifs is 1. The number of piperazine rings is 1. The second-order valence-electron chi connectivity index (χ2n) is 11.8. The minimum absolute atomic E-state index is 0. The first-order valence-corrected chi connectivity index (χ1v) is 17.3. The highest BCUT2D eigenvalue weighted by Gasteiger charge is 2.29. The van der Waals surface area contributed by atoms with E-state index < -0.39 is 16.1 Å². The fourth-order valence-corrected chi connectivity index (χ4v) is 6.00. The first-order chi connectivity index (χ1) is 23.9. The standard InChI is InChI=1S/C31H33N5O4.C6H6O3S.H2O/c1-34-15-17-36(18-16-34)20-27(37)35(2)24-12-10-23(11-13-24)32-29(21-7-5-4-6-8-21)28-25-14-9-22(31(39)40-3)19-26(25)33-30(28)38;7-10(8,9)6-4-2-1-3-5-6;/h4-14,19,32H,15-18,20H2,1-3H3,(H,33,38);1-5H,(H,7,8,9);1H2. The third-order valence-electron chi connectivity index (χ3n) is 8.39. The molecule has 0 bridgehead atoms. The van der Waals surface area contributed by atoms with Gasteiger partial charge in [0.2, 0.25) is 5.91 Å². The van der Waals surface area contributed by atoms with Gasteiger partial charge in [0.15, 0.2) is 0 Å². The van der Waals surface area contributed by atoms with Crippen molar-refractivity contribution in [1.29, 1.82) is 0 Å². The summed E-state index contributed by atoms with van der Waals surface area (Å²) in [6.45, 7) is 4.09. The lowest BCUT2D eigenvalue weighted by atomic mass is 9.99. The zero-order valence-corrected chi connectivity index (χ0v) is 29.3. The molecule has 0 aromatic heterocycles. The van der Waals surface area contributed by atoms with Crippen LogP contribution in [0, 0.1) is 0 Å². The van der Waals surface area contributed by atoms with Gasteiger partial charge in [-0.15, -0.1) is 0 Å².